The van der Waals surface area contributed by atoms with E-state index in [1.54, 1.807) is 11.3 Å². The van der Waals surface area contributed by atoms with Crippen LogP contribution in [0.5, 0.6) is 0 Å². The number of rotatable bonds is 1. The number of nitrogen functional groups attached to an aromatic ring is 1. The minimum Gasteiger partial charge on any atom is -0.384 e. The van der Waals surface area contributed by atoms with E-state index in [0.717, 1.165) is 34.6 Å². The van der Waals surface area contributed by atoms with Gasteiger partial charge in [-0.2, -0.15) is 0 Å². The third-order valence-corrected chi connectivity index (χ3v) is 6.01. The van der Waals surface area contributed by atoms with Crippen LogP contribution in [0.3, 0.4) is 0 Å². The molecule has 0 spiro atoms. The van der Waals surface area contributed by atoms with Gasteiger partial charge in [-0.05, 0) is 55.6 Å². The maximum absolute atomic E-state index is 6.57. The van der Waals surface area contributed by atoms with Gasteiger partial charge in [-0.15, -0.1) is 11.3 Å². The Labute approximate surface area is 144 Å². The lowest BCUT2D eigenvalue weighted by atomic mass is 9.98. The Morgan fingerprint density at radius 3 is 2.57 bits per heavy atom. The van der Waals surface area contributed by atoms with Crippen molar-refractivity contribution < 1.29 is 0 Å². The Balaban J connectivity index is 2.00. The smallest absolute Gasteiger partial charge is 0.207 e. The van der Waals surface area contributed by atoms with Crippen molar-refractivity contribution in [1.29, 1.82) is 0 Å². The summed E-state index contributed by atoms with van der Waals surface area (Å²) < 4.78 is 2.44. The highest BCUT2D eigenvalue weighted by atomic mass is 32.1. The summed E-state index contributed by atoms with van der Waals surface area (Å²) in [5, 5.41) is 1.13. The van der Waals surface area contributed by atoms with Crippen LogP contribution in [-0.2, 0) is 12.8 Å². The first-order valence-corrected chi connectivity index (χ1v) is 9.36. The molecule has 23 heavy (non-hydrogen) atoms. The van der Waals surface area contributed by atoms with Gasteiger partial charge in [-0.25, -0.2) is 4.98 Å². The Bertz CT molecular complexity index is 909. The number of hydrogen-bond donors (Lipinski definition) is 1. The summed E-state index contributed by atoms with van der Waals surface area (Å²) in [5.74, 6) is 0.740. The molecular formula is C18H19N3S2. The largest absolute Gasteiger partial charge is 0.384 e. The van der Waals surface area contributed by atoms with Gasteiger partial charge in [-0.1, -0.05) is 31.0 Å². The van der Waals surface area contributed by atoms with Crippen LogP contribution in [-0.4, -0.2) is 9.55 Å². The third kappa shape index (κ3) is 2.58. The van der Waals surface area contributed by atoms with Gasteiger partial charge < -0.3 is 5.73 Å². The van der Waals surface area contributed by atoms with Gasteiger partial charge in [0.25, 0.3) is 0 Å². The molecular weight excluding hydrogens is 322 g/mol. The van der Waals surface area contributed by atoms with Crippen LogP contribution in [0.1, 0.15) is 36.1 Å². The van der Waals surface area contributed by atoms with Crippen LogP contribution in [0.2, 0.25) is 0 Å². The van der Waals surface area contributed by atoms with E-state index in [2.05, 4.69) is 0 Å². The zero-order valence-corrected chi connectivity index (χ0v) is 14.6. The molecule has 3 aromatic rings. The van der Waals surface area contributed by atoms with Crippen molar-refractivity contribution in [3.63, 3.8) is 0 Å². The summed E-state index contributed by atoms with van der Waals surface area (Å²) in [7, 11) is 0. The molecule has 0 aliphatic heterocycles. The highest BCUT2D eigenvalue weighted by Gasteiger charge is 2.19. The topological polar surface area (TPSA) is 43.8 Å². The van der Waals surface area contributed by atoms with Crippen LogP contribution in [0, 0.1) is 4.77 Å². The Morgan fingerprint density at radius 2 is 1.78 bits per heavy atom. The molecule has 2 heterocycles. The van der Waals surface area contributed by atoms with Crippen LogP contribution in [0.15, 0.2) is 30.3 Å². The van der Waals surface area contributed by atoms with E-state index in [4.69, 9.17) is 22.9 Å². The Kier molecular flexibility index (Phi) is 3.91. The molecule has 4 rings (SSSR count). The predicted octanol–water partition coefficient (Wildman–Crippen LogP) is 5.06. The number of aromatic nitrogens is 2. The first-order chi connectivity index (χ1) is 11.3. The lowest BCUT2D eigenvalue weighted by molar-refractivity contribution is 0.624. The van der Waals surface area contributed by atoms with Crippen molar-refractivity contribution in [1.82, 2.24) is 9.55 Å². The number of benzene rings is 1. The quantitative estimate of drug-likeness (QED) is 0.629. The summed E-state index contributed by atoms with van der Waals surface area (Å²) in [4.78, 5) is 7.16. The van der Waals surface area contributed by atoms with Gasteiger partial charge in [-0.3, -0.25) is 4.57 Å². The second kappa shape index (κ2) is 6.06. The second-order valence-corrected chi connectivity index (χ2v) is 7.50. The minimum atomic E-state index is 0.537. The molecule has 2 N–H and O–H groups in total. The third-order valence-electron chi connectivity index (χ3n) is 4.55. The lowest BCUT2D eigenvalue weighted by Crippen LogP contribution is -2.07. The molecule has 0 fully saturated rings. The number of nitrogens with zero attached hydrogens (tertiary/aromatic N) is 2. The molecule has 0 radical (unpaired) electrons. The van der Waals surface area contributed by atoms with Crippen molar-refractivity contribution in [3.05, 3.63) is 45.5 Å². The van der Waals surface area contributed by atoms with Crippen molar-refractivity contribution >= 4 is 39.6 Å². The van der Waals surface area contributed by atoms with Crippen molar-refractivity contribution in [2.75, 3.05) is 5.73 Å². The van der Waals surface area contributed by atoms with Gasteiger partial charge >= 0.3 is 0 Å². The molecule has 1 aromatic carbocycles. The molecule has 0 unspecified atom stereocenters. The first kappa shape index (κ1) is 14.8. The van der Waals surface area contributed by atoms with Crippen LogP contribution < -0.4 is 5.73 Å². The molecule has 0 amide bonds. The van der Waals surface area contributed by atoms with Crippen LogP contribution in [0.4, 0.5) is 5.82 Å². The maximum atomic E-state index is 6.57. The van der Waals surface area contributed by atoms with Crippen molar-refractivity contribution in [3.8, 4) is 5.69 Å². The number of fused-ring (bicyclic) bond motifs is 3. The van der Waals surface area contributed by atoms with E-state index >= 15 is 0 Å². The van der Waals surface area contributed by atoms with Crippen molar-refractivity contribution in [2.45, 2.75) is 38.5 Å². The van der Waals surface area contributed by atoms with Gasteiger partial charge in [0.05, 0.1) is 5.39 Å². The lowest BCUT2D eigenvalue weighted by Gasteiger charge is -2.13. The SMILES string of the molecule is Nc1c2c3c(sc2nc(=S)n1-c1ccccc1)CCCCCC3. The minimum absolute atomic E-state index is 0.537. The maximum Gasteiger partial charge on any atom is 0.207 e. The average Bonchev–Trinajstić information content (AvgIpc) is 2.85. The molecule has 1 aliphatic rings. The molecule has 0 atom stereocenters. The van der Waals surface area contributed by atoms with Crippen LogP contribution in [0.25, 0.3) is 15.9 Å². The van der Waals surface area contributed by atoms with Gasteiger partial charge in [0.1, 0.15) is 10.6 Å². The summed E-state index contributed by atoms with van der Waals surface area (Å²) in [6.07, 6.45) is 7.38. The molecule has 2 aromatic heterocycles. The molecule has 3 nitrogen and oxygen atoms in total. The van der Waals surface area contributed by atoms with Crippen LogP contribution >= 0.6 is 23.6 Å². The summed E-state index contributed by atoms with van der Waals surface area (Å²) in [6, 6.07) is 10.0. The fourth-order valence-corrected chi connectivity index (χ4v) is 5.05. The monoisotopic (exact) mass is 341 g/mol. The molecule has 0 saturated heterocycles. The van der Waals surface area contributed by atoms with E-state index in [-0.39, 0.29) is 0 Å². The zero-order valence-electron chi connectivity index (χ0n) is 12.9. The van der Waals surface area contributed by atoms with E-state index in [1.807, 2.05) is 34.9 Å². The molecule has 0 saturated carbocycles. The van der Waals surface area contributed by atoms with Gasteiger partial charge in [0, 0.05) is 10.6 Å². The van der Waals surface area contributed by atoms with E-state index in [0.29, 0.717) is 4.77 Å². The fourth-order valence-electron chi connectivity index (χ4n) is 3.43. The number of thiophene rings is 1. The Morgan fingerprint density at radius 1 is 1.04 bits per heavy atom. The fraction of sp³-hybridized carbons (Fsp3) is 0.333. The normalized spacial score (nSPS) is 15.1. The number of hydrogen-bond acceptors (Lipinski definition) is 4. The first-order valence-electron chi connectivity index (χ1n) is 8.14. The molecule has 118 valence electrons. The van der Waals surface area contributed by atoms with E-state index in [9.17, 15) is 0 Å². The second-order valence-electron chi connectivity index (χ2n) is 6.05. The summed E-state index contributed by atoms with van der Waals surface area (Å²) in [5.41, 5.74) is 8.97. The Hall–Kier alpha value is -1.72. The van der Waals surface area contributed by atoms with Gasteiger partial charge in [0.15, 0.2) is 0 Å². The highest BCUT2D eigenvalue weighted by molar-refractivity contribution is 7.71. The average molecular weight is 342 g/mol. The van der Waals surface area contributed by atoms with Gasteiger partial charge in [0.2, 0.25) is 4.77 Å². The molecule has 1 aliphatic carbocycles. The summed E-state index contributed by atoms with van der Waals surface area (Å²) >= 11 is 7.31. The number of nitrogens with two attached hydrogens (primary N) is 1. The molecule has 0 bridgehead atoms. The predicted molar refractivity (Wildman–Crippen MR) is 100 cm³/mol. The van der Waals surface area contributed by atoms with Crippen molar-refractivity contribution in [2.24, 2.45) is 0 Å². The standard InChI is InChI=1S/C18H19N3S2/c19-16-15-13-10-6-1-2-7-11-14(13)23-17(15)20-18(22)21(16)12-8-4-3-5-9-12/h3-5,8-9H,1-2,6-7,10-11,19H2. The number of para-hydroxylation sites is 1. The van der Waals surface area contributed by atoms with E-state index < -0.39 is 0 Å². The number of aryl methyl sites for hydroxylation is 2. The number of anilines is 1. The summed E-state index contributed by atoms with van der Waals surface area (Å²) in [6.45, 7) is 0. The molecule has 5 heteroatoms. The van der Waals surface area contributed by atoms with E-state index in [1.165, 1.54) is 36.1 Å². The highest BCUT2D eigenvalue weighted by Crippen LogP contribution is 2.37. The zero-order chi connectivity index (χ0) is 15.8.